The van der Waals surface area contributed by atoms with E-state index in [1.54, 1.807) is 12.1 Å². The minimum absolute atomic E-state index is 0.0598. The fourth-order valence-electron chi connectivity index (χ4n) is 2.02. The number of phenolic OH excluding ortho intramolecular Hbond substituents is 1. The zero-order valence-electron chi connectivity index (χ0n) is 14.2. The lowest BCUT2D eigenvalue weighted by atomic mass is 10.2. The largest absolute Gasteiger partial charge is 0.507 e. The number of carbonyl (C=O) groups is 2. The number of non-ortho nitro benzene ring substituents is 1. The number of hydrogen-bond donors (Lipinski definition) is 3. The van der Waals surface area contributed by atoms with Crippen LogP contribution < -0.4 is 10.7 Å². The molecule has 0 aromatic heterocycles. The third kappa shape index (κ3) is 6.22. The smallest absolute Gasteiger partial charge is 0.270 e. The van der Waals surface area contributed by atoms with Crippen LogP contribution >= 0.6 is 23.2 Å². The first-order chi connectivity index (χ1) is 13.3. The van der Waals surface area contributed by atoms with Gasteiger partial charge in [0.25, 0.3) is 5.69 Å². The molecule has 2 rings (SSSR count). The van der Waals surface area contributed by atoms with Crippen molar-refractivity contribution in [3.8, 4) is 5.75 Å². The summed E-state index contributed by atoms with van der Waals surface area (Å²) >= 11 is 11.7. The van der Waals surface area contributed by atoms with Gasteiger partial charge in [-0.2, -0.15) is 5.10 Å². The highest BCUT2D eigenvalue weighted by atomic mass is 35.5. The molecule has 0 heterocycles. The zero-order valence-corrected chi connectivity index (χ0v) is 15.7. The van der Waals surface area contributed by atoms with Gasteiger partial charge in [0.1, 0.15) is 5.75 Å². The number of rotatable bonds is 7. The van der Waals surface area contributed by atoms with E-state index in [1.807, 2.05) is 0 Å². The van der Waals surface area contributed by atoms with Crippen LogP contribution in [0.15, 0.2) is 41.5 Å². The summed E-state index contributed by atoms with van der Waals surface area (Å²) in [4.78, 5) is 33.7. The van der Waals surface area contributed by atoms with Gasteiger partial charge in [-0.25, -0.2) is 5.43 Å². The molecule has 2 amide bonds. The topological polar surface area (TPSA) is 134 Å². The van der Waals surface area contributed by atoms with Gasteiger partial charge in [0.05, 0.1) is 21.8 Å². The van der Waals surface area contributed by atoms with Gasteiger partial charge in [-0.1, -0.05) is 23.2 Å². The van der Waals surface area contributed by atoms with Crippen molar-refractivity contribution >= 4 is 52.6 Å². The van der Waals surface area contributed by atoms with E-state index in [0.717, 1.165) is 24.4 Å². The van der Waals surface area contributed by atoms with E-state index >= 15 is 0 Å². The molecule has 0 radical (unpaired) electrons. The summed E-state index contributed by atoms with van der Waals surface area (Å²) in [6.45, 7) is 0. The Balaban J connectivity index is 1.84. The highest BCUT2D eigenvalue weighted by Crippen LogP contribution is 2.25. The van der Waals surface area contributed by atoms with Crippen LogP contribution in [0.5, 0.6) is 5.75 Å². The standard InChI is InChI=1S/C17H14Cl2N4O5/c18-11-1-3-14(13(19)8-11)21-16(25)5-6-17(26)22-20-9-10-7-12(23(27)28)2-4-15(10)24/h1-4,7-9,24H,5-6H2,(H,21,25)(H,22,26). The molecule has 0 aliphatic heterocycles. The molecule has 0 fully saturated rings. The summed E-state index contributed by atoms with van der Waals surface area (Å²) in [7, 11) is 0. The number of nitrogens with zero attached hydrogens (tertiary/aromatic N) is 2. The Morgan fingerprint density at radius 2 is 1.86 bits per heavy atom. The van der Waals surface area contributed by atoms with Gasteiger partial charge in [-0.05, 0) is 24.3 Å². The second-order valence-electron chi connectivity index (χ2n) is 5.47. The number of hydrogen-bond acceptors (Lipinski definition) is 6. The molecule has 0 bridgehead atoms. The minimum atomic E-state index is -0.624. The maximum Gasteiger partial charge on any atom is 0.270 e. The number of anilines is 1. The van der Waals surface area contributed by atoms with Crippen molar-refractivity contribution in [3.05, 3.63) is 62.1 Å². The van der Waals surface area contributed by atoms with Gasteiger partial charge < -0.3 is 10.4 Å². The summed E-state index contributed by atoms with van der Waals surface area (Å²) in [5.41, 5.74) is 2.37. The van der Waals surface area contributed by atoms with Crippen LogP contribution in [0.4, 0.5) is 11.4 Å². The number of hydrazone groups is 1. The molecular weight excluding hydrogens is 411 g/mol. The third-order valence-corrected chi connectivity index (χ3v) is 3.95. The van der Waals surface area contributed by atoms with E-state index in [1.165, 1.54) is 6.07 Å². The van der Waals surface area contributed by atoms with E-state index in [0.29, 0.717) is 10.7 Å². The molecule has 2 aromatic carbocycles. The molecule has 11 heteroatoms. The van der Waals surface area contributed by atoms with Gasteiger partial charge in [-0.3, -0.25) is 19.7 Å². The minimum Gasteiger partial charge on any atom is -0.507 e. The Hall–Kier alpha value is -3.17. The monoisotopic (exact) mass is 424 g/mol. The number of nitrogens with one attached hydrogen (secondary N) is 2. The molecular formula is C17H14Cl2N4O5. The van der Waals surface area contributed by atoms with E-state index in [2.05, 4.69) is 15.8 Å². The maximum atomic E-state index is 11.9. The van der Waals surface area contributed by atoms with Crippen molar-refractivity contribution in [1.29, 1.82) is 0 Å². The highest BCUT2D eigenvalue weighted by molar-refractivity contribution is 6.36. The Morgan fingerprint density at radius 3 is 2.54 bits per heavy atom. The number of phenols is 1. The number of carbonyl (C=O) groups excluding carboxylic acids is 2. The lowest BCUT2D eigenvalue weighted by Gasteiger charge is -2.07. The normalized spacial score (nSPS) is 10.6. The molecule has 9 nitrogen and oxygen atoms in total. The molecule has 0 unspecified atom stereocenters. The molecule has 2 aromatic rings. The van der Waals surface area contributed by atoms with E-state index in [4.69, 9.17) is 23.2 Å². The summed E-state index contributed by atoms with van der Waals surface area (Å²) in [6, 6.07) is 7.97. The number of nitro benzene ring substituents is 1. The van der Waals surface area contributed by atoms with Crippen LogP contribution in [0, 0.1) is 10.1 Å². The van der Waals surface area contributed by atoms with Crippen LogP contribution in [0.1, 0.15) is 18.4 Å². The second-order valence-corrected chi connectivity index (χ2v) is 6.31. The van der Waals surface area contributed by atoms with Crippen LogP contribution in [0.25, 0.3) is 0 Å². The first kappa shape index (κ1) is 21.1. The fraction of sp³-hybridized carbons (Fsp3) is 0.118. The third-order valence-electron chi connectivity index (χ3n) is 3.40. The van der Waals surface area contributed by atoms with Gasteiger partial charge in [0.15, 0.2) is 0 Å². The number of amides is 2. The van der Waals surface area contributed by atoms with E-state index < -0.39 is 16.7 Å². The molecule has 28 heavy (non-hydrogen) atoms. The SMILES string of the molecule is O=C(CCC(=O)Nc1ccc(Cl)cc1Cl)NN=Cc1cc([N+](=O)[O-])ccc1O. The van der Waals surface area contributed by atoms with Gasteiger partial charge in [0.2, 0.25) is 11.8 Å². The molecule has 146 valence electrons. The molecule has 0 atom stereocenters. The maximum absolute atomic E-state index is 11.9. The number of nitro groups is 1. The number of aromatic hydroxyl groups is 1. The molecule has 0 aliphatic carbocycles. The number of halogens is 2. The van der Waals surface area contributed by atoms with Crippen LogP contribution in [-0.4, -0.2) is 28.1 Å². The summed E-state index contributed by atoms with van der Waals surface area (Å²) in [5, 5.41) is 27.2. The first-order valence-electron chi connectivity index (χ1n) is 7.80. The number of benzene rings is 2. The Kier molecular flexibility index (Phi) is 7.30. The predicted molar refractivity (Wildman–Crippen MR) is 105 cm³/mol. The van der Waals surface area contributed by atoms with Gasteiger partial charge in [-0.15, -0.1) is 0 Å². The summed E-state index contributed by atoms with van der Waals surface area (Å²) in [5.74, 6) is -1.22. The predicted octanol–water partition coefficient (Wildman–Crippen LogP) is 3.48. The average Bonchev–Trinajstić information content (AvgIpc) is 2.63. The van der Waals surface area contributed by atoms with Crippen molar-refractivity contribution in [2.75, 3.05) is 5.32 Å². The molecule has 0 saturated heterocycles. The van der Waals surface area contributed by atoms with Crippen molar-refractivity contribution in [2.45, 2.75) is 12.8 Å². The van der Waals surface area contributed by atoms with Crippen LogP contribution in [0.3, 0.4) is 0 Å². The van der Waals surface area contributed by atoms with Gasteiger partial charge >= 0.3 is 0 Å². The van der Waals surface area contributed by atoms with Gasteiger partial charge in [0, 0.05) is 35.6 Å². The first-order valence-corrected chi connectivity index (χ1v) is 8.56. The highest BCUT2D eigenvalue weighted by Gasteiger charge is 2.10. The lowest BCUT2D eigenvalue weighted by Crippen LogP contribution is -2.20. The summed E-state index contributed by atoms with van der Waals surface area (Å²) < 4.78 is 0. The van der Waals surface area contributed by atoms with E-state index in [-0.39, 0.29) is 34.9 Å². The Morgan fingerprint density at radius 1 is 1.14 bits per heavy atom. The van der Waals surface area contributed by atoms with Crippen molar-refractivity contribution < 1.29 is 19.6 Å². The van der Waals surface area contributed by atoms with Crippen LogP contribution in [0.2, 0.25) is 10.0 Å². The van der Waals surface area contributed by atoms with Crippen molar-refractivity contribution in [3.63, 3.8) is 0 Å². The van der Waals surface area contributed by atoms with Crippen molar-refractivity contribution in [2.24, 2.45) is 5.10 Å². The Bertz CT molecular complexity index is 949. The van der Waals surface area contributed by atoms with E-state index in [9.17, 15) is 24.8 Å². The van der Waals surface area contributed by atoms with Crippen LogP contribution in [-0.2, 0) is 9.59 Å². The molecule has 0 spiro atoms. The Labute approximate surface area is 169 Å². The quantitative estimate of drug-likeness (QED) is 0.355. The molecule has 3 N–H and O–H groups in total. The zero-order chi connectivity index (χ0) is 20.7. The molecule has 0 saturated carbocycles. The average molecular weight is 425 g/mol. The summed E-state index contributed by atoms with van der Waals surface area (Å²) in [6.07, 6.45) is 0.783. The lowest BCUT2D eigenvalue weighted by molar-refractivity contribution is -0.384. The fourth-order valence-corrected chi connectivity index (χ4v) is 2.47. The molecule has 0 aliphatic rings. The second kappa shape index (κ2) is 9.67. The van der Waals surface area contributed by atoms with Crippen molar-refractivity contribution in [1.82, 2.24) is 5.43 Å².